The minimum atomic E-state index is 0. The molecule has 0 aliphatic carbocycles. The zero-order valence-electron chi connectivity index (χ0n) is 5.46. The molecule has 0 fully saturated rings. The molecular weight excluding hydrogens is 286 g/mol. The smallest absolute Gasteiger partial charge is 0.0621 e. The summed E-state index contributed by atoms with van der Waals surface area (Å²) in [5.41, 5.74) is 0. The molecule has 0 aromatic heterocycles. The van der Waals surface area contributed by atoms with Gasteiger partial charge in [0.25, 0.3) is 0 Å². The van der Waals surface area contributed by atoms with E-state index >= 15 is 0 Å². The van der Waals surface area contributed by atoms with Gasteiger partial charge in [0.1, 0.15) is 0 Å². The van der Waals surface area contributed by atoms with E-state index in [-0.39, 0.29) is 21.1 Å². The van der Waals surface area contributed by atoms with E-state index in [1.165, 1.54) is 0 Å². The third kappa shape index (κ3) is 33.1. The van der Waals surface area contributed by atoms with Gasteiger partial charge in [-0.1, -0.05) is 13.3 Å². The summed E-state index contributed by atoms with van der Waals surface area (Å²) in [5, 5.41) is 7.95. The molecule has 0 aliphatic rings. The SMILES string of the molecule is CCCCC#N.[CH-]=O.[W]. The monoisotopic (exact) mass is 296 g/mol. The van der Waals surface area contributed by atoms with Crippen molar-refractivity contribution >= 4 is 6.79 Å². The van der Waals surface area contributed by atoms with Gasteiger partial charge < -0.3 is 4.79 Å². The van der Waals surface area contributed by atoms with Crippen LogP contribution in [0.25, 0.3) is 0 Å². The van der Waals surface area contributed by atoms with Crippen LogP contribution in [0.1, 0.15) is 26.2 Å². The van der Waals surface area contributed by atoms with Crippen molar-refractivity contribution in [3.63, 3.8) is 0 Å². The third-order valence-corrected chi connectivity index (χ3v) is 0.642. The van der Waals surface area contributed by atoms with Gasteiger partial charge in [-0.15, -0.1) is 0 Å². The van der Waals surface area contributed by atoms with Crippen LogP contribution in [-0.4, -0.2) is 6.79 Å². The topological polar surface area (TPSA) is 40.9 Å². The zero-order chi connectivity index (χ0) is 6.83. The second-order valence-corrected chi connectivity index (χ2v) is 1.26. The molecule has 0 bridgehead atoms. The van der Waals surface area contributed by atoms with Crippen LogP contribution in [0.5, 0.6) is 0 Å². The number of nitrogens with zero attached hydrogens (tertiary/aromatic N) is 1. The Bertz CT molecular complexity index is 69.9. The molecule has 0 atom stereocenters. The Kier molecular flexibility index (Phi) is 44.0. The van der Waals surface area contributed by atoms with Crippen molar-refractivity contribution in [3.8, 4) is 6.07 Å². The summed E-state index contributed by atoms with van der Waals surface area (Å²) in [6, 6.07) is 2.07. The van der Waals surface area contributed by atoms with Crippen LogP contribution in [0.2, 0.25) is 0 Å². The van der Waals surface area contributed by atoms with Crippen LogP contribution >= 0.6 is 0 Å². The molecule has 0 N–H and O–H groups in total. The Balaban J connectivity index is -0.000000109. The van der Waals surface area contributed by atoms with E-state index in [4.69, 9.17) is 10.1 Å². The molecule has 0 spiro atoms. The predicted molar refractivity (Wildman–Crippen MR) is 31.9 cm³/mol. The molecule has 9 heavy (non-hydrogen) atoms. The fraction of sp³-hybridized carbons (Fsp3) is 0.667. The molecule has 0 amide bonds. The molecule has 0 saturated carbocycles. The summed E-state index contributed by atoms with van der Waals surface area (Å²) in [6.45, 7) is 5.33. The summed E-state index contributed by atoms with van der Waals surface area (Å²) in [4.78, 5) is 7.75. The van der Waals surface area contributed by atoms with Gasteiger partial charge in [0.05, 0.1) is 6.07 Å². The van der Waals surface area contributed by atoms with Gasteiger partial charge >= 0.3 is 0 Å². The first-order valence-electron chi connectivity index (χ1n) is 2.52. The van der Waals surface area contributed by atoms with Crippen molar-refractivity contribution in [3.05, 3.63) is 0 Å². The van der Waals surface area contributed by atoms with E-state index in [2.05, 4.69) is 19.8 Å². The Labute approximate surface area is 70.5 Å². The summed E-state index contributed by atoms with van der Waals surface area (Å²) >= 11 is 0. The predicted octanol–water partition coefficient (Wildman–Crippen LogP) is 1.42. The molecule has 0 aromatic carbocycles. The van der Waals surface area contributed by atoms with E-state index in [1.807, 2.05) is 0 Å². The van der Waals surface area contributed by atoms with Crippen molar-refractivity contribution in [2.75, 3.05) is 0 Å². The van der Waals surface area contributed by atoms with Crippen molar-refractivity contribution < 1.29 is 25.9 Å². The third-order valence-electron chi connectivity index (χ3n) is 0.642. The van der Waals surface area contributed by atoms with Gasteiger partial charge in [0.15, 0.2) is 0 Å². The summed E-state index contributed by atoms with van der Waals surface area (Å²) < 4.78 is 0. The molecule has 52 valence electrons. The molecule has 2 nitrogen and oxygen atoms in total. The Morgan fingerprint density at radius 2 is 2.00 bits per heavy atom. The second kappa shape index (κ2) is 24.9. The maximum Gasteiger partial charge on any atom is 0.0621 e. The molecule has 0 aliphatic heterocycles. The van der Waals surface area contributed by atoms with Gasteiger partial charge in [0.2, 0.25) is 0 Å². The average molecular weight is 296 g/mol. The maximum atomic E-state index is 7.95. The van der Waals surface area contributed by atoms with Gasteiger partial charge in [-0.25, -0.2) is 0 Å². The normalized spacial score (nSPS) is 5.33. The standard InChI is InChI=1S/C5H9N.CHO.W/c1-2-3-4-5-6;1-2;/h2-4H2,1H3;1H;/q;-1;. The molecule has 0 heterocycles. The fourth-order valence-electron chi connectivity index (χ4n) is 0.256. The number of carbonyl (C=O) groups excluding carboxylic acids is 1. The fourth-order valence-corrected chi connectivity index (χ4v) is 0.256. The van der Waals surface area contributed by atoms with Crippen molar-refractivity contribution in [1.82, 2.24) is 0 Å². The van der Waals surface area contributed by atoms with Crippen LogP contribution in [-0.2, 0) is 25.9 Å². The number of rotatable bonds is 2. The molecule has 3 heteroatoms. The first-order chi connectivity index (χ1) is 3.91. The molecular formula is C6H10NOW-. The first kappa shape index (κ1) is 15.9. The van der Waals surface area contributed by atoms with Crippen LogP contribution in [0, 0.1) is 11.3 Å². The average Bonchev–Trinajstić information content (AvgIpc) is 1.88. The van der Waals surface area contributed by atoms with Crippen LogP contribution in [0.3, 0.4) is 0 Å². The summed E-state index contributed by atoms with van der Waals surface area (Å²) in [7, 11) is 0. The number of unbranched alkanes of at least 4 members (excludes halogenated alkanes) is 2. The van der Waals surface area contributed by atoms with E-state index < -0.39 is 0 Å². The van der Waals surface area contributed by atoms with E-state index in [1.54, 1.807) is 0 Å². The van der Waals surface area contributed by atoms with Crippen LogP contribution in [0.15, 0.2) is 0 Å². The minimum Gasteiger partial charge on any atom is -0.545 e. The summed E-state index contributed by atoms with van der Waals surface area (Å²) in [5.74, 6) is 0. The summed E-state index contributed by atoms with van der Waals surface area (Å²) in [6.07, 6.45) is 2.90. The van der Waals surface area contributed by atoms with Gasteiger partial charge in [-0.3, -0.25) is 6.79 Å². The quantitative estimate of drug-likeness (QED) is 0.439. The second-order valence-electron chi connectivity index (χ2n) is 1.26. The van der Waals surface area contributed by atoms with Crippen LogP contribution < -0.4 is 0 Å². The number of nitriles is 1. The van der Waals surface area contributed by atoms with E-state index in [0.29, 0.717) is 0 Å². The molecule has 0 unspecified atom stereocenters. The van der Waals surface area contributed by atoms with Crippen molar-refractivity contribution in [2.24, 2.45) is 0 Å². The van der Waals surface area contributed by atoms with Gasteiger partial charge in [0, 0.05) is 27.5 Å². The maximum absolute atomic E-state index is 7.95. The van der Waals surface area contributed by atoms with Crippen LogP contribution in [0.4, 0.5) is 0 Å². The van der Waals surface area contributed by atoms with Gasteiger partial charge in [-0.2, -0.15) is 5.26 Å². The molecule has 0 rings (SSSR count). The van der Waals surface area contributed by atoms with E-state index in [9.17, 15) is 0 Å². The molecule has 0 saturated heterocycles. The largest absolute Gasteiger partial charge is 0.545 e. The number of hydrogen-bond donors (Lipinski definition) is 0. The van der Waals surface area contributed by atoms with Crippen molar-refractivity contribution in [2.45, 2.75) is 26.2 Å². The Hall–Kier alpha value is -0.152. The number of hydrogen-bond acceptors (Lipinski definition) is 2. The van der Waals surface area contributed by atoms with Crippen molar-refractivity contribution in [1.29, 1.82) is 5.26 Å². The molecule has 0 aromatic rings. The first-order valence-corrected chi connectivity index (χ1v) is 2.52. The van der Waals surface area contributed by atoms with Gasteiger partial charge in [-0.05, 0) is 6.42 Å². The Morgan fingerprint density at radius 1 is 1.56 bits per heavy atom. The molecule has 0 radical (unpaired) electrons. The minimum absolute atomic E-state index is 0. The zero-order valence-corrected chi connectivity index (χ0v) is 8.40. The van der Waals surface area contributed by atoms with E-state index in [0.717, 1.165) is 19.3 Å². The Morgan fingerprint density at radius 3 is 2.11 bits per heavy atom.